The normalized spacial score (nSPS) is 21.3. The van der Waals surface area contributed by atoms with E-state index in [9.17, 15) is 17.2 Å². The summed E-state index contributed by atoms with van der Waals surface area (Å²) >= 11 is 0. The van der Waals surface area contributed by atoms with Gasteiger partial charge in [0.1, 0.15) is 11.6 Å². The van der Waals surface area contributed by atoms with Crippen LogP contribution in [-0.2, 0) is 15.4 Å². The second kappa shape index (κ2) is 8.32. The molecule has 38 heavy (non-hydrogen) atoms. The zero-order valence-electron chi connectivity index (χ0n) is 20.9. The van der Waals surface area contributed by atoms with Gasteiger partial charge in [-0.2, -0.15) is 5.10 Å². The third-order valence-electron chi connectivity index (χ3n) is 8.01. The van der Waals surface area contributed by atoms with Gasteiger partial charge >= 0.3 is 0 Å². The molecule has 11 heteroatoms. The van der Waals surface area contributed by atoms with E-state index in [1.807, 2.05) is 18.2 Å². The number of nitrogens with one attached hydrogen (secondary N) is 1. The molecule has 2 atom stereocenters. The number of hydrogen-bond acceptors (Lipinski definition) is 7. The lowest BCUT2D eigenvalue weighted by Gasteiger charge is -2.37. The molecule has 1 fully saturated rings. The number of aromatic nitrogens is 5. The van der Waals surface area contributed by atoms with Gasteiger partial charge in [-0.25, -0.2) is 27.2 Å². The number of benzene rings is 1. The van der Waals surface area contributed by atoms with E-state index in [1.54, 1.807) is 6.07 Å². The maximum Gasteiger partial charge on any atom is 0.236 e. The van der Waals surface area contributed by atoms with Crippen LogP contribution in [0, 0.1) is 17.0 Å². The van der Waals surface area contributed by atoms with Crippen LogP contribution in [0.15, 0.2) is 54.9 Å². The van der Waals surface area contributed by atoms with Crippen molar-refractivity contribution in [2.75, 3.05) is 11.0 Å². The zero-order valence-corrected chi connectivity index (χ0v) is 21.7. The summed E-state index contributed by atoms with van der Waals surface area (Å²) in [6.45, 7) is 4.36. The minimum absolute atomic E-state index is 0.0205. The maximum atomic E-state index is 14.5. The van der Waals surface area contributed by atoms with Gasteiger partial charge in [-0.15, -0.1) is 5.10 Å². The number of rotatable bonds is 5. The van der Waals surface area contributed by atoms with E-state index in [1.165, 1.54) is 30.6 Å². The van der Waals surface area contributed by atoms with Crippen LogP contribution in [0.2, 0.25) is 0 Å². The van der Waals surface area contributed by atoms with Crippen molar-refractivity contribution >= 4 is 16.0 Å². The molecule has 1 N–H and O–H groups in total. The van der Waals surface area contributed by atoms with Gasteiger partial charge in [0, 0.05) is 18.0 Å². The van der Waals surface area contributed by atoms with Crippen LogP contribution >= 0.6 is 0 Å². The Labute approximate surface area is 218 Å². The molecule has 194 valence electrons. The highest BCUT2D eigenvalue weighted by Gasteiger charge is 2.65. The molecule has 0 saturated heterocycles. The van der Waals surface area contributed by atoms with Gasteiger partial charge in [0.2, 0.25) is 16.0 Å². The van der Waals surface area contributed by atoms with Crippen molar-refractivity contribution in [1.29, 1.82) is 0 Å². The Bertz CT molecular complexity index is 1670. The van der Waals surface area contributed by atoms with E-state index in [0.29, 0.717) is 11.3 Å². The third kappa shape index (κ3) is 3.59. The number of nitrogens with zero attached hydrogens (tertiary/aromatic N) is 5. The van der Waals surface area contributed by atoms with Gasteiger partial charge in [0.15, 0.2) is 0 Å². The second-order valence-corrected chi connectivity index (χ2v) is 12.2. The Hall–Kier alpha value is -3.86. The first-order valence-corrected chi connectivity index (χ1v) is 14.0. The molecule has 6 rings (SSSR count). The molecule has 1 aromatic carbocycles. The molecule has 8 nitrogen and oxygen atoms in total. The quantitative estimate of drug-likeness (QED) is 0.390. The minimum Gasteiger partial charge on any atom is -0.252 e. The molecule has 3 heterocycles. The van der Waals surface area contributed by atoms with Crippen molar-refractivity contribution in [3.63, 3.8) is 0 Å². The number of fused-ring (bicyclic) bond motifs is 5. The monoisotopic (exact) mass is 534 g/mol. The first-order valence-electron chi connectivity index (χ1n) is 12.1. The van der Waals surface area contributed by atoms with E-state index in [-0.39, 0.29) is 28.5 Å². The Morgan fingerprint density at radius 1 is 0.974 bits per heavy atom. The number of pyridine rings is 1. The summed E-state index contributed by atoms with van der Waals surface area (Å²) in [4.78, 5) is 13.2. The summed E-state index contributed by atoms with van der Waals surface area (Å²) in [6, 6.07) is 11.3. The smallest absolute Gasteiger partial charge is 0.236 e. The molecule has 0 radical (unpaired) electrons. The molecular weight excluding hydrogens is 510 g/mol. The highest BCUT2D eigenvalue weighted by atomic mass is 32.2. The molecule has 4 aromatic rings. The Balaban J connectivity index is 1.43. The molecule has 0 aliphatic heterocycles. The molecule has 0 spiro atoms. The molecule has 2 aliphatic rings. The predicted molar refractivity (Wildman–Crippen MR) is 138 cm³/mol. The fraction of sp³-hybridized carbons (Fsp3) is 0.296. The fourth-order valence-electron chi connectivity index (χ4n) is 6.27. The average molecular weight is 535 g/mol. The lowest BCUT2D eigenvalue weighted by atomic mass is 9.66. The Morgan fingerprint density at radius 3 is 2.34 bits per heavy atom. The van der Waals surface area contributed by atoms with E-state index < -0.39 is 27.1 Å². The van der Waals surface area contributed by atoms with Gasteiger partial charge in [0.05, 0.1) is 40.0 Å². The Morgan fingerprint density at radius 2 is 1.66 bits per heavy atom. The predicted octanol–water partition coefficient (Wildman–Crippen LogP) is 4.85. The van der Waals surface area contributed by atoms with Crippen LogP contribution in [0.3, 0.4) is 0 Å². The minimum atomic E-state index is -3.49. The first-order chi connectivity index (χ1) is 18.0. The van der Waals surface area contributed by atoms with Crippen molar-refractivity contribution in [2.24, 2.45) is 5.41 Å². The first kappa shape index (κ1) is 24.5. The SMILES string of the molecule is CC1(C)[C@H]2CC[C@]1(c1cccc(-c3cnc(NS(C)(=O)=O)nc3)n1)c1nnc(-c3c(F)cccc3F)cc12. The van der Waals surface area contributed by atoms with Gasteiger partial charge < -0.3 is 0 Å². The van der Waals surface area contributed by atoms with Crippen molar-refractivity contribution < 1.29 is 17.2 Å². The van der Waals surface area contributed by atoms with Crippen LogP contribution in [0.25, 0.3) is 22.5 Å². The van der Waals surface area contributed by atoms with Crippen LogP contribution in [-0.4, -0.2) is 39.8 Å². The summed E-state index contributed by atoms with van der Waals surface area (Å²) in [6.07, 6.45) is 5.76. The molecule has 0 amide bonds. The van der Waals surface area contributed by atoms with Crippen molar-refractivity contribution in [2.45, 2.75) is 38.0 Å². The van der Waals surface area contributed by atoms with Crippen LogP contribution in [0.4, 0.5) is 14.7 Å². The van der Waals surface area contributed by atoms with E-state index in [2.05, 4.69) is 38.7 Å². The maximum absolute atomic E-state index is 14.5. The molecule has 3 aromatic heterocycles. The summed E-state index contributed by atoms with van der Waals surface area (Å²) in [5.74, 6) is -1.25. The van der Waals surface area contributed by atoms with Crippen molar-refractivity contribution in [3.8, 4) is 22.5 Å². The van der Waals surface area contributed by atoms with Gasteiger partial charge in [-0.3, -0.25) is 9.71 Å². The number of halogens is 2. The highest BCUT2D eigenvalue weighted by Crippen LogP contribution is 2.69. The fourth-order valence-corrected chi connectivity index (χ4v) is 6.71. The van der Waals surface area contributed by atoms with E-state index >= 15 is 0 Å². The van der Waals surface area contributed by atoms with Gasteiger partial charge in [-0.1, -0.05) is 26.0 Å². The summed E-state index contributed by atoms with van der Waals surface area (Å²) in [7, 11) is -3.49. The lowest BCUT2D eigenvalue weighted by Crippen LogP contribution is -2.37. The molecular formula is C27H24F2N6O2S. The average Bonchev–Trinajstić information content (AvgIpc) is 3.24. The zero-order chi connectivity index (χ0) is 26.9. The summed E-state index contributed by atoms with van der Waals surface area (Å²) in [5, 5.41) is 8.86. The second-order valence-electron chi connectivity index (χ2n) is 10.4. The molecule has 2 aliphatic carbocycles. The van der Waals surface area contributed by atoms with Crippen molar-refractivity contribution in [1.82, 2.24) is 25.1 Å². The topological polar surface area (TPSA) is 111 Å². The lowest BCUT2D eigenvalue weighted by molar-refractivity contribution is 0.243. The summed E-state index contributed by atoms with van der Waals surface area (Å²) in [5.41, 5.74) is 3.00. The van der Waals surface area contributed by atoms with Gasteiger partial charge in [0.25, 0.3) is 0 Å². The standard InChI is InChI=1S/C27H24F2N6O2S/c1-26(2)17-10-11-27(26,24-16(17)12-21(33-34-24)23-18(28)6-4-7-19(23)29)22-9-5-8-20(32-22)15-13-30-25(31-14-15)35-38(3,36)37/h4-9,12-14,17H,10-11H2,1-3H3,(H,30,31,35)/t17-,27-/m0/s1. The Kier molecular flexibility index (Phi) is 5.36. The largest absolute Gasteiger partial charge is 0.252 e. The number of anilines is 1. The van der Waals surface area contributed by atoms with Crippen molar-refractivity contribution in [3.05, 3.63) is 83.4 Å². The molecule has 1 saturated carbocycles. The number of hydrogen-bond donors (Lipinski definition) is 1. The summed E-state index contributed by atoms with van der Waals surface area (Å²) < 4.78 is 54.2. The van der Waals surface area contributed by atoms with Crippen LogP contribution < -0.4 is 4.72 Å². The van der Waals surface area contributed by atoms with E-state index in [0.717, 1.165) is 36.0 Å². The highest BCUT2D eigenvalue weighted by molar-refractivity contribution is 7.91. The van der Waals surface area contributed by atoms with Crippen LogP contribution in [0.5, 0.6) is 0 Å². The third-order valence-corrected chi connectivity index (χ3v) is 8.57. The number of sulfonamides is 1. The van der Waals surface area contributed by atoms with Crippen LogP contribution in [0.1, 0.15) is 49.6 Å². The molecule has 0 unspecified atom stereocenters. The van der Waals surface area contributed by atoms with Gasteiger partial charge in [-0.05, 0) is 60.1 Å². The molecule has 2 bridgehead atoms. The van der Waals surface area contributed by atoms with E-state index in [4.69, 9.17) is 4.98 Å².